The SMILES string of the molecule is CNC(=O)c1cccc(CNC(=O)Cc2c(C)nc3nc(SC)nn3c2C)c1. The number of carbonyl (C=O) groups excluding carboxylic acids is 2. The minimum Gasteiger partial charge on any atom is -0.355 e. The van der Waals surface area contributed by atoms with Gasteiger partial charge in [-0.3, -0.25) is 9.59 Å². The first-order chi connectivity index (χ1) is 13.4. The van der Waals surface area contributed by atoms with Crippen molar-refractivity contribution < 1.29 is 9.59 Å². The number of hydrogen-bond donors (Lipinski definition) is 2. The highest BCUT2D eigenvalue weighted by Crippen LogP contribution is 2.17. The smallest absolute Gasteiger partial charge is 0.253 e. The van der Waals surface area contributed by atoms with Gasteiger partial charge in [0.25, 0.3) is 11.7 Å². The maximum atomic E-state index is 12.5. The zero-order chi connectivity index (χ0) is 20.3. The van der Waals surface area contributed by atoms with Crippen LogP contribution >= 0.6 is 11.8 Å². The van der Waals surface area contributed by atoms with Gasteiger partial charge in [-0.2, -0.15) is 4.98 Å². The molecule has 9 heteroatoms. The molecule has 0 fully saturated rings. The van der Waals surface area contributed by atoms with E-state index in [1.165, 1.54) is 11.8 Å². The van der Waals surface area contributed by atoms with Gasteiger partial charge in [-0.05, 0) is 37.8 Å². The summed E-state index contributed by atoms with van der Waals surface area (Å²) >= 11 is 1.45. The first-order valence-corrected chi connectivity index (χ1v) is 10.00. The van der Waals surface area contributed by atoms with E-state index in [9.17, 15) is 9.59 Å². The standard InChI is InChI=1S/C19H22N6O2S/c1-11-15(12(2)25-18(22-11)23-19(24-25)28-4)9-16(26)21-10-13-6-5-7-14(8-13)17(27)20-3/h5-8H,9-10H2,1-4H3,(H,20,27)(H,21,26). The van der Waals surface area contributed by atoms with Crippen LogP contribution in [0.1, 0.15) is 32.9 Å². The van der Waals surface area contributed by atoms with Crippen molar-refractivity contribution in [1.82, 2.24) is 30.2 Å². The van der Waals surface area contributed by atoms with Crippen molar-refractivity contribution >= 4 is 29.4 Å². The number of thioether (sulfide) groups is 1. The minimum absolute atomic E-state index is 0.122. The zero-order valence-electron chi connectivity index (χ0n) is 16.2. The summed E-state index contributed by atoms with van der Waals surface area (Å²) in [7, 11) is 1.59. The van der Waals surface area contributed by atoms with Gasteiger partial charge < -0.3 is 10.6 Å². The average Bonchev–Trinajstić information content (AvgIpc) is 3.12. The Bertz CT molecular complexity index is 1050. The molecular formula is C19H22N6O2S. The van der Waals surface area contributed by atoms with Crippen LogP contribution in [0.5, 0.6) is 0 Å². The number of benzene rings is 1. The second-order valence-electron chi connectivity index (χ2n) is 6.30. The van der Waals surface area contributed by atoms with Crippen molar-refractivity contribution in [2.75, 3.05) is 13.3 Å². The van der Waals surface area contributed by atoms with Crippen LogP contribution in [0, 0.1) is 13.8 Å². The van der Waals surface area contributed by atoms with E-state index >= 15 is 0 Å². The molecule has 0 spiro atoms. The fourth-order valence-electron chi connectivity index (χ4n) is 2.92. The molecule has 2 N–H and O–H groups in total. The van der Waals surface area contributed by atoms with E-state index < -0.39 is 0 Å². The Morgan fingerprint density at radius 1 is 1.21 bits per heavy atom. The molecule has 1 aromatic carbocycles. The molecule has 0 unspecified atom stereocenters. The molecule has 146 valence electrons. The number of hydrogen-bond acceptors (Lipinski definition) is 6. The van der Waals surface area contributed by atoms with Gasteiger partial charge in [-0.1, -0.05) is 23.9 Å². The van der Waals surface area contributed by atoms with Crippen LogP contribution in [0.25, 0.3) is 5.78 Å². The molecule has 0 aliphatic rings. The lowest BCUT2D eigenvalue weighted by molar-refractivity contribution is -0.120. The minimum atomic E-state index is -0.156. The van der Waals surface area contributed by atoms with Crippen molar-refractivity contribution in [3.05, 3.63) is 52.3 Å². The highest BCUT2D eigenvalue weighted by Gasteiger charge is 2.16. The molecule has 2 aromatic heterocycles. The lowest BCUT2D eigenvalue weighted by Gasteiger charge is -2.11. The van der Waals surface area contributed by atoms with E-state index in [0.717, 1.165) is 22.5 Å². The molecule has 2 heterocycles. The van der Waals surface area contributed by atoms with E-state index in [1.807, 2.05) is 26.2 Å². The summed E-state index contributed by atoms with van der Waals surface area (Å²) in [5, 5.41) is 10.5. The molecule has 2 amide bonds. The lowest BCUT2D eigenvalue weighted by atomic mass is 10.1. The summed E-state index contributed by atoms with van der Waals surface area (Å²) in [6.07, 6.45) is 2.11. The van der Waals surface area contributed by atoms with Gasteiger partial charge in [0.2, 0.25) is 11.1 Å². The molecule has 28 heavy (non-hydrogen) atoms. The molecular weight excluding hydrogens is 376 g/mol. The van der Waals surface area contributed by atoms with E-state index in [0.29, 0.717) is 23.0 Å². The Labute approximate surface area is 167 Å². The molecule has 0 aliphatic carbocycles. The van der Waals surface area contributed by atoms with Gasteiger partial charge in [0.15, 0.2) is 0 Å². The van der Waals surface area contributed by atoms with Gasteiger partial charge in [0.05, 0.1) is 6.42 Å². The molecule has 0 atom stereocenters. The molecule has 0 aliphatic heterocycles. The quantitative estimate of drug-likeness (QED) is 0.613. The maximum Gasteiger partial charge on any atom is 0.253 e. The number of fused-ring (bicyclic) bond motifs is 1. The summed E-state index contributed by atoms with van der Waals surface area (Å²) in [5.74, 6) is 0.258. The number of rotatable bonds is 6. The molecule has 0 bridgehead atoms. The Hall–Kier alpha value is -2.94. The van der Waals surface area contributed by atoms with Crippen LogP contribution in [-0.4, -0.2) is 44.7 Å². The van der Waals surface area contributed by atoms with Crippen LogP contribution in [0.15, 0.2) is 29.4 Å². The lowest BCUT2D eigenvalue weighted by Crippen LogP contribution is -2.26. The van der Waals surface area contributed by atoms with Gasteiger partial charge in [0, 0.05) is 36.1 Å². The average molecular weight is 398 g/mol. The van der Waals surface area contributed by atoms with Crippen LogP contribution in [0.2, 0.25) is 0 Å². The van der Waals surface area contributed by atoms with Crippen LogP contribution in [0.3, 0.4) is 0 Å². The largest absolute Gasteiger partial charge is 0.355 e. The number of aromatic nitrogens is 4. The second-order valence-corrected chi connectivity index (χ2v) is 7.08. The Morgan fingerprint density at radius 2 is 2.00 bits per heavy atom. The van der Waals surface area contributed by atoms with E-state index in [1.54, 1.807) is 29.8 Å². The summed E-state index contributed by atoms with van der Waals surface area (Å²) < 4.78 is 1.67. The molecule has 0 saturated heterocycles. The Morgan fingerprint density at radius 3 is 2.71 bits per heavy atom. The third-order valence-corrected chi connectivity index (χ3v) is 4.99. The highest BCUT2D eigenvalue weighted by molar-refractivity contribution is 7.98. The van der Waals surface area contributed by atoms with Crippen molar-refractivity contribution in [2.24, 2.45) is 0 Å². The van der Waals surface area contributed by atoms with Gasteiger partial charge in [-0.25, -0.2) is 9.50 Å². The third kappa shape index (κ3) is 4.14. The van der Waals surface area contributed by atoms with Gasteiger partial charge >= 0.3 is 0 Å². The third-order valence-electron chi connectivity index (χ3n) is 4.46. The molecule has 8 nitrogen and oxygen atoms in total. The fourth-order valence-corrected chi connectivity index (χ4v) is 3.26. The first-order valence-electron chi connectivity index (χ1n) is 8.77. The fraction of sp³-hybridized carbons (Fsp3) is 0.316. The molecule has 3 rings (SSSR count). The van der Waals surface area contributed by atoms with Crippen LogP contribution < -0.4 is 10.6 Å². The predicted octanol–water partition coefficient (Wildman–Crippen LogP) is 1.68. The van der Waals surface area contributed by atoms with Crippen LogP contribution in [-0.2, 0) is 17.8 Å². The summed E-state index contributed by atoms with van der Waals surface area (Å²) in [5.41, 5.74) is 3.87. The highest BCUT2D eigenvalue weighted by atomic mass is 32.2. The number of aryl methyl sites for hydroxylation is 2. The number of nitrogens with zero attached hydrogens (tertiary/aromatic N) is 4. The van der Waals surface area contributed by atoms with E-state index in [-0.39, 0.29) is 18.2 Å². The zero-order valence-corrected chi connectivity index (χ0v) is 17.1. The number of amides is 2. The first kappa shape index (κ1) is 19.8. The van der Waals surface area contributed by atoms with Crippen molar-refractivity contribution in [2.45, 2.75) is 32.0 Å². The molecule has 3 aromatic rings. The topological polar surface area (TPSA) is 101 Å². The Balaban J connectivity index is 1.72. The predicted molar refractivity (Wildman–Crippen MR) is 107 cm³/mol. The van der Waals surface area contributed by atoms with Crippen molar-refractivity contribution in [1.29, 1.82) is 0 Å². The normalized spacial score (nSPS) is 10.9. The van der Waals surface area contributed by atoms with Crippen molar-refractivity contribution in [3.8, 4) is 0 Å². The number of carbonyl (C=O) groups is 2. The Kier molecular flexibility index (Phi) is 5.93. The summed E-state index contributed by atoms with van der Waals surface area (Å²) in [4.78, 5) is 33.0. The van der Waals surface area contributed by atoms with Crippen molar-refractivity contribution in [3.63, 3.8) is 0 Å². The number of nitrogens with one attached hydrogen (secondary N) is 2. The monoisotopic (exact) mass is 398 g/mol. The summed E-state index contributed by atoms with van der Waals surface area (Å²) in [6.45, 7) is 4.13. The molecule has 0 radical (unpaired) electrons. The summed E-state index contributed by atoms with van der Waals surface area (Å²) in [6, 6.07) is 7.17. The second kappa shape index (κ2) is 8.39. The van der Waals surface area contributed by atoms with E-state index in [2.05, 4.69) is 25.7 Å². The van der Waals surface area contributed by atoms with Crippen LogP contribution in [0.4, 0.5) is 0 Å². The molecule has 0 saturated carbocycles. The van der Waals surface area contributed by atoms with E-state index in [4.69, 9.17) is 0 Å². The van der Waals surface area contributed by atoms with Gasteiger partial charge in [-0.15, -0.1) is 5.10 Å². The van der Waals surface area contributed by atoms with Gasteiger partial charge in [0.1, 0.15) is 0 Å². The maximum absolute atomic E-state index is 12.5.